The molecule has 0 N–H and O–H groups in total. The summed E-state index contributed by atoms with van der Waals surface area (Å²) >= 11 is 0. The van der Waals surface area contributed by atoms with E-state index >= 15 is 0 Å². The zero-order chi connectivity index (χ0) is 33.0. The van der Waals surface area contributed by atoms with E-state index in [4.69, 9.17) is 4.42 Å². The van der Waals surface area contributed by atoms with Crippen molar-refractivity contribution >= 4 is 71.3 Å². The lowest BCUT2D eigenvalue weighted by Crippen LogP contribution is -2.10. The molecule has 0 unspecified atom stereocenters. The third-order valence-electron chi connectivity index (χ3n) is 10.0. The number of nitrogens with zero attached hydrogens (tertiary/aromatic N) is 1. The summed E-state index contributed by atoms with van der Waals surface area (Å²) in [6, 6.07) is 67.4. The second-order valence-electron chi connectivity index (χ2n) is 12.9. The maximum absolute atomic E-state index is 6.98. The van der Waals surface area contributed by atoms with Gasteiger partial charge in [-0.2, -0.15) is 0 Å². The Labute approximate surface area is 290 Å². The molecule has 0 aliphatic heterocycles. The molecule has 1 heterocycles. The summed E-state index contributed by atoms with van der Waals surface area (Å²) in [5.41, 5.74) is 9.70. The van der Waals surface area contributed by atoms with Gasteiger partial charge >= 0.3 is 0 Å². The monoisotopic (exact) mass is 637 g/mol. The third kappa shape index (κ3) is 4.57. The first-order chi connectivity index (χ1) is 24.8. The Morgan fingerprint density at radius 3 is 1.86 bits per heavy atom. The molecule has 0 atom stereocenters. The lowest BCUT2D eigenvalue weighted by Gasteiger charge is -2.27. The molecule has 0 fully saturated rings. The molecule has 0 aliphatic rings. The molecular weight excluding hydrogens is 607 g/mol. The van der Waals surface area contributed by atoms with Crippen molar-refractivity contribution in [2.24, 2.45) is 0 Å². The van der Waals surface area contributed by atoms with Crippen LogP contribution in [0.5, 0.6) is 0 Å². The van der Waals surface area contributed by atoms with Gasteiger partial charge in [0.15, 0.2) is 0 Å². The molecule has 10 aromatic rings. The highest BCUT2D eigenvalue weighted by Crippen LogP contribution is 2.48. The van der Waals surface area contributed by atoms with Crippen molar-refractivity contribution < 1.29 is 4.42 Å². The van der Waals surface area contributed by atoms with Crippen LogP contribution < -0.4 is 4.90 Å². The maximum Gasteiger partial charge on any atom is 0.143 e. The predicted octanol–water partition coefficient (Wildman–Crippen LogP) is 13.8. The Morgan fingerprint density at radius 1 is 0.380 bits per heavy atom. The zero-order valence-electron chi connectivity index (χ0n) is 27.3. The SMILES string of the molecule is c1ccc(-c2ccc(N(c3ccc4ccccc4c3)c3cccc4oc5c(-c6cccc7ccccc67)c6ccccc6cc5c34)cc2)cc1. The minimum Gasteiger partial charge on any atom is -0.455 e. The minimum absolute atomic E-state index is 0.862. The van der Waals surface area contributed by atoms with Gasteiger partial charge in [-0.15, -0.1) is 0 Å². The van der Waals surface area contributed by atoms with Crippen molar-refractivity contribution in [3.8, 4) is 22.3 Å². The lowest BCUT2D eigenvalue weighted by molar-refractivity contribution is 0.670. The molecular formula is C48H31NO. The van der Waals surface area contributed by atoms with Crippen molar-refractivity contribution in [3.63, 3.8) is 0 Å². The summed E-state index contributed by atoms with van der Waals surface area (Å²) in [6.07, 6.45) is 0. The Balaban J connectivity index is 1.27. The molecule has 9 aromatic carbocycles. The first-order valence-corrected chi connectivity index (χ1v) is 17.1. The van der Waals surface area contributed by atoms with Crippen LogP contribution in [0.3, 0.4) is 0 Å². The van der Waals surface area contributed by atoms with Crippen LogP contribution in [0.4, 0.5) is 17.1 Å². The van der Waals surface area contributed by atoms with Crippen LogP contribution in [-0.4, -0.2) is 0 Å². The Morgan fingerprint density at radius 2 is 1.02 bits per heavy atom. The Bertz CT molecular complexity index is 2860. The highest BCUT2D eigenvalue weighted by atomic mass is 16.3. The van der Waals surface area contributed by atoms with Gasteiger partial charge in [-0.05, 0) is 91.5 Å². The molecule has 0 spiro atoms. The van der Waals surface area contributed by atoms with Gasteiger partial charge in [-0.25, -0.2) is 0 Å². The van der Waals surface area contributed by atoms with Crippen LogP contribution >= 0.6 is 0 Å². The first-order valence-electron chi connectivity index (χ1n) is 17.1. The number of benzene rings is 9. The molecule has 1 aromatic heterocycles. The fourth-order valence-corrected chi connectivity index (χ4v) is 7.68. The first kappa shape index (κ1) is 28.4. The third-order valence-corrected chi connectivity index (χ3v) is 10.0. The second-order valence-corrected chi connectivity index (χ2v) is 12.9. The molecule has 0 bridgehead atoms. The highest BCUT2D eigenvalue weighted by Gasteiger charge is 2.23. The summed E-state index contributed by atoms with van der Waals surface area (Å²) in [5, 5.41) is 9.40. The van der Waals surface area contributed by atoms with Crippen LogP contribution in [0.2, 0.25) is 0 Å². The average Bonchev–Trinajstić information content (AvgIpc) is 3.56. The molecule has 0 radical (unpaired) electrons. The summed E-state index contributed by atoms with van der Waals surface area (Å²) < 4.78 is 6.98. The largest absolute Gasteiger partial charge is 0.455 e. The molecule has 0 amide bonds. The topological polar surface area (TPSA) is 16.4 Å². The van der Waals surface area contributed by atoms with E-state index in [1.807, 2.05) is 0 Å². The van der Waals surface area contributed by atoms with Crippen LogP contribution in [0.25, 0.3) is 76.5 Å². The van der Waals surface area contributed by atoms with E-state index < -0.39 is 0 Å². The zero-order valence-corrected chi connectivity index (χ0v) is 27.3. The summed E-state index contributed by atoms with van der Waals surface area (Å²) in [4.78, 5) is 2.38. The van der Waals surface area contributed by atoms with Gasteiger partial charge in [-0.3, -0.25) is 0 Å². The molecule has 0 saturated carbocycles. The predicted molar refractivity (Wildman–Crippen MR) is 212 cm³/mol. The van der Waals surface area contributed by atoms with Crippen molar-refractivity contribution in [2.45, 2.75) is 0 Å². The summed E-state index contributed by atoms with van der Waals surface area (Å²) in [6.45, 7) is 0. The van der Waals surface area contributed by atoms with Crippen molar-refractivity contribution in [1.82, 2.24) is 0 Å². The second kappa shape index (κ2) is 11.5. The van der Waals surface area contributed by atoms with E-state index in [1.54, 1.807) is 0 Å². The van der Waals surface area contributed by atoms with Gasteiger partial charge < -0.3 is 9.32 Å². The summed E-state index contributed by atoms with van der Waals surface area (Å²) in [7, 11) is 0. The highest BCUT2D eigenvalue weighted by molar-refractivity contribution is 6.23. The van der Waals surface area contributed by atoms with Crippen molar-refractivity contribution in [2.75, 3.05) is 4.90 Å². The van der Waals surface area contributed by atoms with Crippen molar-refractivity contribution in [3.05, 3.63) is 188 Å². The number of fused-ring (bicyclic) bond motifs is 6. The number of rotatable bonds is 5. The molecule has 2 nitrogen and oxygen atoms in total. The fraction of sp³-hybridized carbons (Fsp3) is 0. The average molecular weight is 638 g/mol. The smallest absolute Gasteiger partial charge is 0.143 e. The van der Waals surface area contributed by atoms with E-state index in [-0.39, 0.29) is 0 Å². The number of anilines is 3. The molecule has 2 heteroatoms. The van der Waals surface area contributed by atoms with E-state index in [0.29, 0.717) is 0 Å². The maximum atomic E-state index is 6.98. The lowest BCUT2D eigenvalue weighted by atomic mass is 9.92. The van der Waals surface area contributed by atoms with E-state index in [9.17, 15) is 0 Å². The molecule has 50 heavy (non-hydrogen) atoms. The number of hydrogen-bond donors (Lipinski definition) is 0. The molecule has 0 aliphatic carbocycles. The van der Waals surface area contributed by atoms with Crippen LogP contribution in [0.1, 0.15) is 0 Å². The van der Waals surface area contributed by atoms with E-state index in [2.05, 4.69) is 193 Å². The van der Waals surface area contributed by atoms with E-state index in [1.165, 1.54) is 49.0 Å². The van der Waals surface area contributed by atoms with Gasteiger partial charge in [0.25, 0.3) is 0 Å². The Hall–Kier alpha value is -6.64. The quantitative estimate of drug-likeness (QED) is 0.187. The van der Waals surface area contributed by atoms with Crippen LogP contribution in [0.15, 0.2) is 192 Å². The van der Waals surface area contributed by atoms with Gasteiger partial charge in [0.2, 0.25) is 0 Å². The fourth-order valence-electron chi connectivity index (χ4n) is 7.68. The van der Waals surface area contributed by atoms with Crippen LogP contribution in [0, 0.1) is 0 Å². The number of hydrogen-bond acceptors (Lipinski definition) is 2. The number of furan rings is 1. The van der Waals surface area contributed by atoms with Gasteiger partial charge in [-0.1, -0.05) is 146 Å². The van der Waals surface area contributed by atoms with Gasteiger partial charge in [0, 0.05) is 22.3 Å². The Kier molecular flexibility index (Phi) is 6.53. The molecule has 10 rings (SSSR count). The minimum atomic E-state index is 0.862. The summed E-state index contributed by atoms with van der Waals surface area (Å²) in [5.74, 6) is 0. The van der Waals surface area contributed by atoms with E-state index in [0.717, 1.165) is 44.6 Å². The standard InChI is InChI=1S/C48H31NO/c1-2-12-32(13-3-1)34-24-27-38(28-25-34)49(39-29-26-33-14-4-5-16-36(33)30-39)44-22-11-23-45-47(44)43-31-37-17-7-9-20-41(37)46(48(43)50-45)42-21-10-18-35-15-6-8-19-40(35)42/h1-31H. The van der Waals surface area contributed by atoms with Gasteiger partial charge in [0.05, 0.1) is 11.1 Å². The van der Waals surface area contributed by atoms with Crippen LogP contribution in [-0.2, 0) is 0 Å². The molecule has 234 valence electrons. The molecule has 0 saturated heterocycles. The van der Waals surface area contributed by atoms with Gasteiger partial charge in [0.1, 0.15) is 11.2 Å². The normalized spacial score (nSPS) is 11.6. The van der Waals surface area contributed by atoms with Crippen molar-refractivity contribution in [1.29, 1.82) is 0 Å².